The number of benzene rings is 2. The van der Waals surface area contributed by atoms with E-state index in [1.54, 1.807) is 24.3 Å². The van der Waals surface area contributed by atoms with Crippen molar-refractivity contribution in [1.82, 2.24) is 0 Å². The topological polar surface area (TPSA) is 127 Å². The van der Waals surface area contributed by atoms with E-state index in [0.29, 0.717) is 24.0 Å². The summed E-state index contributed by atoms with van der Waals surface area (Å²) in [7, 11) is 0. The largest absolute Gasteiger partial charge is 0.507 e. The first-order valence-corrected chi connectivity index (χ1v) is 17.4. The Morgan fingerprint density at radius 3 is 1.17 bits per heavy atom. The third kappa shape index (κ3) is 14.6. The zero-order valence-electron chi connectivity index (χ0n) is 28.0. The first kappa shape index (κ1) is 38.5. The molecule has 0 atom stereocenters. The van der Waals surface area contributed by atoms with Crippen LogP contribution in [0.25, 0.3) is 0 Å². The second-order valence-electron chi connectivity index (χ2n) is 12.1. The van der Waals surface area contributed by atoms with Gasteiger partial charge in [0.2, 0.25) is 0 Å². The number of rotatable bonds is 23. The number of ether oxygens (including phenoxy) is 2. The fraction of sp³-hybridized carbons (Fsp3) is 0.579. The Morgan fingerprint density at radius 1 is 0.500 bits per heavy atom. The molecule has 0 bridgehead atoms. The van der Waals surface area contributed by atoms with Crippen molar-refractivity contribution in [2.45, 2.75) is 142 Å². The molecule has 2 aromatic rings. The molecule has 46 heavy (non-hydrogen) atoms. The standard InChI is InChI=1S/C38H54O8/c1-3-5-7-9-11-13-15-17-21-29-23-19-25-31(39)35(29)37(43)45-33(41)27-28-34(42)46-38(44)36-30(24-20-26-32(36)40)22-18-16-14-12-10-8-6-4-2/h19-20,23-26,39-40H,3-18,21-22,27-28H2,1-2H3. The number of hydrogen-bond donors (Lipinski definition) is 2. The molecule has 0 aliphatic carbocycles. The van der Waals surface area contributed by atoms with Crippen LogP contribution in [-0.4, -0.2) is 34.1 Å². The number of phenols is 2. The minimum absolute atomic E-state index is 0.0554. The molecule has 0 heterocycles. The van der Waals surface area contributed by atoms with E-state index in [1.807, 2.05) is 0 Å². The van der Waals surface area contributed by atoms with Gasteiger partial charge in [0.25, 0.3) is 0 Å². The maximum atomic E-state index is 12.8. The zero-order chi connectivity index (χ0) is 33.6. The van der Waals surface area contributed by atoms with E-state index in [9.17, 15) is 29.4 Å². The molecule has 8 nitrogen and oxygen atoms in total. The molecule has 0 saturated carbocycles. The molecular weight excluding hydrogens is 584 g/mol. The normalized spacial score (nSPS) is 10.9. The van der Waals surface area contributed by atoms with Gasteiger partial charge in [-0.15, -0.1) is 0 Å². The lowest BCUT2D eigenvalue weighted by Crippen LogP contribution is -2.18. The Kier molecular flexibility index (Phi) is 19.1. The predicted molar refractivity (Wildman–Crippen MR) is 179 cm³/mol. The second-order valence-corrected chi connectivity index (χ2v) is 12.1. The Labute approximate surface area is 274 Å². The molecule has 0 aliphatic rings. The lowest BCUT2D eigenvalue weighted by Gasteiger charge is -2.11. The van der Waals surface area contributed by atoms with Gasteiger partial charge in [-0.3, -0.25) is 9.59 Å². The molecule has 0 aliphatic heterocycles. The van der Waals surface area contributed by atoms with Crippen molar-refractivity contribution in [3.05, 3.63) is 58.7 Å². The van der Waals surface area contributed by atoms with Crippen LogP contribution in [0.15, 0.2) is 36.4 Å². The van der Waals surface area contributed by atoms with E-state index in [0.717, 1.165) is 38.5 Å². The SMILES string of the molecule is CCCCCCCCCCc1cccc(O)c1C(=O)OC(=O)CCC(=O)OC(=O)c1c(O)cccc1CCCCCCCCCC. The highest BCUT2D eigenvalue weighted by Crippen LogP contribution is 2.26. The maximum absolute atomic E-state index is 12.8. The molecule has 2 aromatic carbocycles. The van der Waals surface area contributed by atoms with Crippen molar-refractivity contribution in [2.24, 2.45) is 0 Å². The van der Waals surface area contributed by atoms with E-state index >= 15 is 0 Å². The summed E-state index contributed by atoms with van der Waals surface area (Å²) in [5.41, 5.74) is 1.08. The molecule has 254 valence electrons. The highest BCUT2D eigenvalue weighted by atomic mass is 16.6. The highest BCUT2D eigenvalue weighted by Gasteiger charge is 2.24. The van der Waals surface area contributed by atoms with Crippen molar-refractivity contribution in [1.29, 1.82) is 0 Å². The van der Waals surface area contributed by atoms with E-state index in [-0.39, 0.29) is 22.6 Å². The Hall–Kier alpha value is -3.68. The van der Waals surface area contributed by atoms with Gasteiger partial charge < -0.3 is 19.7 Å². The molecule has 0 unspecified atom stereocenters. The third-order valence-corrected chi connectivity index (χ3v) is 8.21. The molecule has 0 fully saturated rings. The average molecular weight is 639 g/mol. The molecule has 2 N–H and O–H groups in total. The highest BCUT2D eigenvalue weighted by molar-refractivity contribution is 6.02. The van der Waals surface area contributed by atoms with Gasteiger partial charge in [-0.25, -0.2) is 9.59 Å². The lowest BCUT2D eigenvalue weighted by molar-refractivity contribution is -0.144. The summed E-state index contributed by atoms with van der Waals surface area (Å²) in [6.07, 6.45) is 18.2. The molecule has 0 aromatic heterocycles. The summed E-state index contributed by atoms with van der Waals surface area (Å²) >= 11 is 0. The van der Waals surface area contributed by atoms with Crippen LogP contribution in [-0.2, 0) is 31.9 Å². The summed E-state index contributed by atoms with van der Waals surface area (Å²) in [6.45, 7) is 4.38. The summed E-state index contributed by atoms with van der Waals surface area (Å²) < 4.78 is 9.88. The Morgan fingerprint density at radius 2 is 0.826 bits per heavy atom. The van der Waals surface area contributed by atoms with E-state index in [2.05, 4.69) is 13.8 Å². The van der Waals surface area contributed by atoms with Crippen molar-refractivity contribution >= 4 is 23.9 Å². The number of carbonyl (C=O) groups is 4. The summed E-state index contributed by atoms with van der Waals surface area (Å²) in [5.74, 6) is -4.47. The average Bonchev–Trinajstić information content (AvgIpc) is 3.02. The van der Waals surface area contributed by atoms with E-state index in [1.165, 1.54) is 76.3 Å². The van der Waals surface area contributed by atoms with Crippen LogP contribution in [0.3, 0.4) is 0 Å². The van der Waals surface area contributed by atoms with Crippen LogP contribution in [0.2, 0.25) is 0 Å². The maximum Gasteiger partial charge on any atom is 0.349 e. The zero-order valence-corrected chi connectivity index (χ0v) is 28.0. The Bertz CT molecular complexity index is 1140. The Balaban J connectivity index is 1.82. The second kappa shape index (κ2) is 22.8. The van der Waals surface area contributed by atoms with Gasteiger partial charge in [-0.05, 0) is 48.9 Å². The molecule has 0 spiro atoms. The lowest BCUT2D eigenvalue weighted by atomic mass is 9.99. The number of phenolic OH excluding ortho intramolecular Hbond substituents is 2. The van der Waals surface area contributed by atoms with Crippen LogP contribution in [0.1, 0.15) is 161 Å². The molecule has 0 saturated heterocycles. The van der Waals surface area contributed by atoms with Gasteiger partial charge >= 0.3 is 23.9 Å². The minimum atomic E-state index is -0.984. The van der Waals surface area contributed by atoms with Crippen molar-refractivity contribution in [3.8, 4) is 11.5 Å². The van der Waals surface area contributed by atoms with Crippen LogP contribution in [0.5, 0.6) is 11.5 Å². The van der Waals surface area contributed by atoms with Gasteiger partial charge in [0.05, 0.1) is 12.8 Å². The van der Waals surface area contributed by atoms with Crippen LogP contribution in [0, 0.1) is 0 Å². The third-order valence-electron chi connectivity index (χ3n) is 8.21. The monoisotopic (exact) mass is 638 g/mol. The number of aromatic hydroxyl groups is 2. The van der Waals surface area contributed by atoms with Crippen LogP contribution >= 0.6 is 0 Å². The fourth-order valence-electron chi connectivity index (χ4n) is 5.57. The summed E-state index contributed by atoms with van der Waals surface area (Å²) in [4.78, 5) is 50.4. The minimum Gasteiger partial charge on any atom is -0.507 e. The predicted octanol–water partition coefficient (Wildman–Crippen LogP) is 9.31. The number of hydrogen-bond acceptors (Lipinski definition) is 8. The fourth-order valence-corrected chi connectivity index (χ4v) is 5.57. The smallest absolute Gasteiger partial charge is 0.349 e. The van der Waals surface area contributed by atoms with E-state index < -0.39 is 36.7 Å². The molecule has 2 rings (SSSR count). The summed E-state index contributed by atoms with van der Waals surface area (Å²) in [5, 5.41) is 20.7. The van der Waals surface area contributed by atoms with Crippen LogP contribution in [0.4, 0.5) is 0 Å². The van der Waals surface area contributed by atoms with Crippen molar-refractivity contribution in [2.75, 3.05) is 0 Å². The number of esters is 4. The van der Waals surface area contributed by atoms with Gasteiger partial charge in [0, 0.05) is 0 Å². The van der Waals surface area contributed by atoms with Crippen molar-refractivity contribution < 1.29 is 38.9 Å². The molecular formula is C38H54O8. The number of unbranched alkanes of at least 4 members (excludes halogenated alkanes) is 14. The quantitative estimate of drug-likeness (QED) is 0.0700. The van der Waals surface area contributed by atoms with Gasteiger partial charge in [-0.1, -0.05) is 128 Å². The molecule has 8 heteroatoms. The number of carbonyl (C=O) groups excluding carboxylic acids is 4. The first-order chi connectivity index (χ1) is 22.3. The number of aryl methyl sites for hydroxylation is 2. The molecule has 0 amide bonds. The van der Waals surface area contributed by atoms with Gasteiger partial charge in [0.15, 0.2) is 0 Å². The summed E-state index contributed by atoms with van der Waals surface area (Å²) in [6, 6.07) is 9.48. The molecule has 0 radical (unpaired) electrons. The van der Waals surface area contributed by atoms with E-state index in [4.69, 9.17) is 9.47 Å². The van der Waals surface area contributed by atoms with Crippen molar-refractivity contribution in [3.63, 3.8) is 0 Å². The van der Waals surface area contributed by atoms with Crippen LogP contribution < -0.4 is 0 Å². The van der Waals surface area contributed by atoms with Gasteiger partial charge in [-0.2, -0.15) is 0 Å². The first-order valence-electron chi connectivity index (χ1n) is 17.4. The van der Waals surface area contributed by atoms with Gasteiger partial charge in [0.1, 0.15) is 22.6 Å².